The summed E-state index contributed by atoms with van der Waals surface area (Å²) in [6.07, 6.45) is -1.22. The number of rotatable bonds is 4. The van der Waals surface area contributed by atoms with Crippen LogP contribution in [0.1, 0.15) is 6.92 Å². The zero-order valence-corrected chi connectivity index (χ0v) is 6.67. The molecule has 6 nitrogen and oxygen atoms in total. The average molecular weight is 186 g/mol. The summed E-state index contributed by atoms with van der Waals surface area (Å²) in [4.78, 5) is 13.9. The van der Waals surface area contributed by atoms with E-state index in [0.29, 0.717) is 0 Å². The monoisotopic (exact) mass is 186 g/mol. The van der Waals surface area contributed by atoms with Gasteiger partial charge >= 0.3 is 62.9 Å². The van der Waals surface area contributed by atoms with Crippen molar-refractivity contribution in [1.29, 1.82) is 0 Å². The standard InChI is InChI=1S/C3H6O4.H2O.O.Ti/c1-2(7-6)3(4)5;;;/h2,6H,1H3,(H,4,5);1H2;;/q;;;+2/p-2. The Morgan fingerprint density at radius 1 is 1.70 bits per heavy atom. The molecule has 10 heavy (non-hydrogen) atoms. The second-order valence-electron chi connectivity index (χ2n) is 1.43. The van der Waals surface area contributed by atoms with Gasteiger partial charge in [-0.1, -0.05) is 0 Å². The van der Waals surface area contributed by atoms with Gasteiger partial charge in [0.15, 0.2) is 0 Å². The molecule has 0 amide bonds. The van der Waals surface area contributed by atoms with E-state index < -0.39 is 30.7 Å². The summed E-state index contributed by atoms with van der Waals surface area (Å²) in [6, 6.07) is 0. The molecule has 0 fully saturated rings. The fourth-order valence-electron chi connectivity index (χ4n) is 0.154. The molecule has 0 heterocycles. The first-order chi connectivity index (χ1) is 4.54. The van der Waals surface area contributed by atoms with Crippen LogP contribution in [0.3, 0.4) is 0 Å². The van der Waals surface area contributed by atoms with Crippen LogP contribution >= 0.6 is 0 Å². The molecule has 1 atom stereocenters. The molecule has 58 valence electrons. The van der Waals surface area contributed by atoms with Gasteiger partial charge < -0.3 is 0 Å². The fourth-order valence-corrected chi connectivity index (χ4v) is 0.508. The zero-order valence-electron chi connectivity index (χ0n) is 5.10. The fraction of sp³-hybridized carbons (Fsp3) is 0.667. The molecule has 7 heteroatoms. The van der Waals surface area contributed by atoms with E-state index >= 15 is 0 Å². The predicted octanol–water partition coefficient (Wildman–Crippen LogP) is -0.806. The Morgan fingerprint density at radius 3 is 2.50 bits per heavy atom. The van der Waals surface area contributed by atoms with Gasteiger partial charge in [-0.25, -0.2) is 0 Å². The Kier molecular flexibility index (Phi) is 4.58. The van der Waals surface area contributed by atoms with Crippen molar-refractivity contribution in [1.82, 2.24) is 0 Å². The Bertz CT molecular complexity index is 144. The zero-order chi connectivity index (χ0) is 8.15. The maximum absolute atomic E-state index is 9.94. The van der Waals surface area contributed by atoms with Crippen LogP contribution in [-0.4, -0.2) is 20.9 Å². The van der Waals surface area contributed by atoms with E-state index in [1.165, 1.54) is 6.92 Å². The molecule has 0 radical (unpaired) electrons. The minimum atomic E-state index is -3.73. The summed E-state index contributed by atoms with van der Waals surface area (Å²) >= 11 is -3.73. The summed E-state index contributed by atoms with van der Waals surface area (Å²) in [5, 5.41) is 8.12. The Morgan fingerprint density at radius 2 is 2.20 bits per heavy atom. The van der Waals surface area contributed by atoms with E-state index in [1.54, 1.807) is 0 Å². The number of carboxylic acid groups (broad SMARTS) is 1. The van der Waals surface area contributed by atoms with Crippen molar-refractivity contribution in [3.63, 3.8) is 0 Å². The van der Waals surface area contributed by atoms with Crippen molar-refractivity contribution in [2.45, 2.75) is 13.0 Å². The third-order valence-corrected chi connectivity index (χ3v) is 0.984. The average Bonchev–Trinajstić information content (AvgIpc) is 1.82. The third-order valence-electron chi connectivity index (χ3n) is 0.612. The van der Waals surface area contributed by atoms with Gasteiger partial charge in [-0.2, -0.15) is 0 Å². The van der Waals surface area contributed by atoms with Gasteiger partial charge in [-0.05, 0) is 0 Å². The van der Waals surface area contributed by atoms with Gasteiger partial charge in [-0.3, -0.25) is 0 Å². The third kappa shape index (κ3) is 4.72. The molecule has 0 saturated heterocycles. The first kappa shape index (κ1) is 9.86. The normalized spacial score (nSPS) is 12.6. The van der Waals surface area contributed by atoms with Crippen LogP contribution in [0.4, 0.5) is 0 Å². The molecule has 0 rings (SSSR count). The molecular formula is C3H6O6Ti. The number of aliphatic carboxylic acids is 1. The van der Waals surface area contributed by atoms with E-state index in [2.05, 4.69) is 8.36 Å². The van der Waals surface area contributed by atoms with Crippen LogP contribution in [0, 0.1) is 0 Å². The summed E-state index contributed by atoms with van der Waals surface area (Å²) in [5.41, 5.74) is 0. The molecule has 1 unspecified atom stereocenters. The van der Waals surface area contributed by atoms with Gasteiger partial charge in [0.1, 0.15) is 0 Å². The molecular weight excluding hydrogens is 180 g/mol. The van der Waals surface area contributed by atoms with Crippen molar-refractivity contribution in [2.24, 2.45) is 0 Å². The van der Waals surface area contributed by atoms with Gasteiger partial charge in [0.2, 0.25) is 0 Å². The van der Waals surface area contributed by atoms with Gasteiger partial charge in [0, 0.05) is 0 Å². The molecule has 0 aromatic carbocycles. The van der Waals surface area contributed by atoms with Crippen molar-refractivity contribution in [3.8, 4) is 0 Å². The van der Waals surface area contributed by atoms with Crippen molar-refractivity contribution in [3.05, 3.63) is 0 Å². The quantitative estimate of drug-likeness (QED) is 0.339. The topological polar surface area (TPSA) is 93.1 Å². The summed E-state index contributed by atoms with van der Waals surface area (Å²) in [7, 11) is 0. The van der Waals surface area contributed by atoms with Crippen molar-refractivity contribution in [2.75, 3.05) is 0 Å². The van der Waals surface area contributed by atoms with Crippen molar-refractivity contribution >= 4 is 5.97 Å². The van der Waals surface area contributed by atoms with Crippen LogP contribution in [-0.2, 0) is 35.1 Å². The number of hydrogen-bond donors (Lipinski definition) is 2. The minimum absolute atomic E-state index is 1.18. The van der Waals surface area contributed by atoms with Gasteiger partial charge in [0.05, 0.1) is 0 Å². The molecule has 0 saturated carbocycles. The van der Waals surface area contributed by atoms with Crippen LogP contribution in [0.25, 0.3) is 0 Å². The molecule has 2 N–H and O–H groups in total. The second-order valence-corrected chi connectivity index (χ2v) is 2.52. The first-order valence-corrected chi connectivity index (χ1v) is 4.30. The maximum atomic E-state index is 9.94. The second kappa shape index (κ2) is 4.64. The van der Waals surface area contributed by atoms with Crippen LogP contribution in [0.2, 0.25) is 0 Å². The number of carboxylic acids is 1. The Balaban J connectivity index is 3.49. The van der Waals surface area contributed by atoms with Crippen LogP contribution in [0.15, 0.2) is 0 Å². The Labute approximate surface area is 63.4 Å². The van der Waals surface area contributed by atoms with E-state index in [-0.39, 0.29) is 0 Å². The molecule has 0 bridgehead atoms. The van der Waals surface area contributed by atoms with E-state index in [4.69, 9.17) is 8.79 Å². The van der Waals surface area contributed by atoms with Crippen LogP contribution < -0.4 is 0 Å². The molecule has 0 aliphatic rings. The summed E-state index contributed by atoms with van der Waals surface area (Å²) in [6.45, 7) is 1.18. The molecule has 0 aliphatic carbocycles. The Hall–Kier alpha value is -0.136. The van der Waals surface area contributed by atoms with Crippen molar-refractivity contribution < 1.29 is 43.9 Å². The van der Waals surface area contributed by atoms with Gasteiger partial charge in [0.25, 0.3) is 0 Å². The van der Waals surface area contributed by atoms with E-state index in [0.717, 1.165) is 0 Å². The first-order valence-electron chi connectivity index (χ1n) is 2.33. The van der Waals surface area contributed by atoms with Crippen LogP contribution in [0.5, 0.6) is 0 Å². The SMILES string of the molecule is CC(O[O][Ti](=[O])[OH])C(=O)O. The van der Waals surface area contributed by atoms with E-state index in [9.17, 15) is 8.12 Å². The molecule has 0 aromatic heterocycles. The van der Waals surface area contributed by atoms with E-state index in [1.807, 2.05) is 0 Å². The predicted molar refractivity (Wildman–Crippen MR) is 22.2 cm³/mol. The number of carbonyl (C=O) groups is 1. The summed E-state index contributed by atoms with van der Waals surface area (Å²) in [5.74, 6) is -1.25. The number of hydrogen-bond acceptors (Lipinski definition) is 4. The summed E-state index contributed by atoms with van der Waals surface area (Å²) < 4.78 is 21.6. The molecule has 0 aromatic rings. The molecule has 0 aliphatic heterocycles. The van der Waals surface area contributed by atoms with Gasteiger partial charge in [-0.15, -0.1) is 0 Å². The molecule has 0 spiro atoms.